The molecule has 0 spiro atoms. The van der Waals surface area contributed by atoms with Crippen LogP contribution in [0.4, 0.5) is 0 Å². The van der Waals surface area contributed by atoms with Crippen LogP contribution < -0.4 is 5.32 Å². The second-order valence-corrected chi connectivity index (χ2v) is 6.91. The van der Waals surface area contributed by atoms with Crippen LogP contribution in [0.3, 0.4) is 0 Å². The van der Waals surface area contributed by atoms with E-state index in [1.54, 1.807) is 6.26 Å². The summed E-state index contributed by atoms with van der Waals surface area (Å²) in [6.45, 7) is 7.07. The van der Waals surface area contributed by atoms with Crippen molar-refractivity contribution in [2.45, 2.75) is 52.2 Å². The van der Waals surface area contributed by atoms with E-state index in [0.29, 0.717) is 18.2 Å². The Morgan fingerprint density at radius 3 is 2.61 bits per heavy atom. The Kier molecular flexibility index (Phi) is 6.29. The van der Waals surface area contributed by atoms with Gasteiger partial charge in [0.2, 0.25) is 5.91 Å². The maximum absolute atomic E-state index is 12.3. The van der Waals surface area contributed by atoms with Crippen LogP contribution in [0.1, 0.15) is 40.0 Å². The Morgan fingerprint density at radius 2 is 2.11 bits per heavy atom. The molecule has 0 aromatic heterocycles. The molecule has 0 aromatic carbocycles. The minimum absolute atomic E-state index is 0.0190. The van der Waals surface area contributed by atoms with Crippen LogP contribution in [0.5, 0.6) is 0 Å². The molecule has 3 unspecified atom stereocenters. The number of carbonyl (C=O) groups excluding carboxylic acids is 1. The Balaban J connectivity index is 2.60. The van der Waals surface area contributed by atoms with Crippen LogP contribution in [-0.2, 0) is 15.6 Å². The summed E-state index contributed by atoms with van der Waals surface area (Å²) in [6.07, 6.45) is 4.58. The molecule has 0 bridgehead atoms. The predicted molar refractivity (Wildman–Crippen MR) is 75.7 cm³/mol. The van der Waals surface area contributed by atoms with Crippen LogP contribution in [0.15, 0.2) is 0 Å². The molecule has 1 heterocycles. The summed E-state index contributed by atoms with van der Waals surface area (Å²) < 4.78 is 11.1. The Bertz CT molecular complexity index is 307. The highest BCUT2D eigenvalue weighted by Crippen LogP contribution is 2.20. The first kappa shape index (κ1) is 15.6. The van der Waals surface area contributed by atoms with Crippen molar-refractivity contribution in [3.05, 3.63) is 0 Å². The summed E-state index contributed by atoms with van der Waals surface area (Å²) in [5.41, 5.74) is 0. The molecule has 0 aromatic rings. The van der Waals surface area contributed by atoms with Crippen molar-refractivity contribution in [3.63, 3.8) is 0 Å². The average molecular weight is 274 g/mol. The van der Waals surface area contributed by atoms with E-state index in [-0.39, 0.29) is 18.1 Å². The number of rotatable bonds is 7. The van der Waals surface area contributed by atoms with Gasteiger partial charge in [0.05, 0.1) is 12.2 Å². The van der Waals surface area contributed by atoms with Gasteiger partial charge in [0.15, 0.2) is 0 Å². The molecule has 1 N–H and O–H groups in total. The molecule has 3 atom stereocenters. The molecule has 18 heavy (non-hydrogen) atoms. The topological polar surface area (TPSA) is 49.4 Å². The third-order valence-electron chi connectivity index (χ3n) is 3.33. The first-order chi connectivity index (χ1) is 8.47. The molecule has 4 nitrogen and oxygen atoms in total. The molecule has 0 aliphatic carbocycles. The fourth-order valence-electron chi connectivity index (χ4n) is 2.44. The number of hydrogen-bond acceptors (Lipinski definition) is 3. The molecular formula is C13H26N2O2S. The zero-order chi connectivity index (χ0) is 13.7. The van der Waals surface area contributed by atoms with Crippen molar-refractivity contribution in [2.24, 2.45) is 5.92 Å². The second kappa shape index (κ2) is 7.24. The van der Waals surface area contributed by atoms with E-state index in [2.05, 4.69) is 26.1 Å². The van der Waals surface area contributed by atoms with E-state index >= 15 is 0 Å². The highest BCUT2D eigenvalue weighted by atomic mass is 32.2. The summed E-state index contributed by atoms with van der Waals surface area (Å²) in [5, 5.41) is 3.43. The lowest BCUT2D eigenvalue weighted by Crippen LogP contribution is -2.42. The zero-order valence-corrected chi connectivity index (χ0v) is 12.8. The van der Waals surface area contributed by atoms with E-state index < -0.39 is 10.8 Å². The summed E-state index contributed by atoms with van der Waals surface area (Å²) in [4.78, 5) is 14.2. The minimum Gasteiger partial charge on any atom is -0.326 e. The van der Waals surface area contributed by atoms with Crippen LogP contribution in [-0.4, -0.2) is 45.8 Å². The average Bonchev–Trinajstić information content (AvgIpc) is 2.58. The van der Waals surface area contributed by atoms with Crippen molar-refractivity contribution >= 4 is 16.7 Å². The molecule has 1 aliphatic rings. The minimum atomic E-state index is -0.769. The van der Waals surface area contributed by atoms with Gasteiger partial charge in [0.1, 0.15) is 0 Å². The predicted octanol–water partition coefficient (Wildman–Crippen LogP) is 1.34. The van der Waals surface area contributed by atoms with Gasteiger partial charge in [-0.25, -0.2) is 0 Å². The number of nitrogens with zero attached hydrogens (tertiary/aromatic N) is 1. The lowest BCUT2D eigenvalue weighted by Gasteiger charge is -2.27. The van der Waals surface area contributed by atoms with Crippen molar-refractivity contribution < 1.29 is 9.00 Å². The Morgan fingerprint density at radius 1 is 1.44 bits per heavy atom. The van der Waals surface area contributed by atoms with Gasteiger partial charge < -0.3 is 4.90 Å². The fraction of sp³-hybridized carbons (Fsp3) is 0.923. The van der Waals surface area contributed by atoms with Crippen molar-refractivity contribution in [1.82, 2.24) is 10.2 Å². The third kappa shape index (κ3) is 4.05. The fourth-order valence-corrected chi connectivity index (χ4v) is 2.98. The lowest BCUT2D eigenvalue weighted by molar-refractivity contribution is -0.130. The molecule has 1 saturated heterocycles. The molecule has 106 valence electrons. The highest BCUT2D eigenvalue weighted by molar-refractivity contribution is 7.84. The van der Waals surface area contributed by atoms with Gasteiger partial charge in [-0.1, -0.05) is 27.2 Å². The van der Waals surface area contributed by atoms with Crippen molar-refractivity contribution in [2.75, 3.05) is 18.6 Å². The number of hydrogen-bond donors (Lipinski definition) is 1. The van der Waals surface area contributed by atoms with Gasteiger partial charge in [-0.15, -0.1) is 0 Å². The summed E-state index contributed by atoms with van der Waals surface area (Å²) >= 11 is 0. The van der Waals surface area contributed by atoms with Crippen LogP contribution in [0.2, 0.25) is 0 Å². The summed E-state index contributed by atoms with van der Waals surface area (Å²) in [7, 11) is -0.769. The van der Waals surface area contributed by atoms with E-state index in [9.17, 15) is 9.00 Å². The molecule has 0 radical (unpaired) electrons. The van der Waals surface area contributed by atoms with Gasteiger partial charge in [-0.05, 0) is 18.8 Å². The maximum Gasteiger partial charge on any atom is 0.241 e. The van der Waals surface area contributed by atoms with E-state index in [1.165, 1.54) is 0 Å². The largest absolute Gasteiger partial charge is 0.326 e. The van der Waals surface area contributed by atoms with Gasteiger partial charge in [0, 0.05) is 29.4 Å². The van der Waals surface area contributed by atoms with Gasteiger partial charge in [0.25, 0.3) is 0 Å². The number of nitrogens with one attached hydrogen (secondary N) is 1. The monoisotopic (exact) mass is 274 g/mol. The normalized spacial score (nSPS) is 26.1. The van der Waals surface area contributed by atoms with Gasteiger partial charge in [-0.2, -0.15) is 0 Å². The molecule has 1 rings (SSSR count). The summed E-state index contributed by atoms with van der Waals surface area (Å²) in [6, 6.07) is -0.0190. The van der Waals surface area contributed by atoms with E-state index in [4.69, 9.17) is 0 Å². The highest BCUT2D eigenvalue weighted by Gasteiger charge is 2.38. The Labute approximate surface area is 113 Å². The molecular weight excluding hydrogens is 248 g/mol. The first-order valence-corrected chi connectivity index (χ1v) is 8.56. The van der Waals surface area contributed by atoms with E-state index in [1.807, 2.05) is 4.90 Å². The molecule has 1 amide bonds. The van der Waals surface area contributed by atoms with Crippen LogP contribution in [0, 0.1) is 5.92 Å². The third-order valence-corrected chi connectivity index (χ3v) is 4.19. The van der Waals surface area contributed by atoms with E-state index in [0.717, 1.165) is 19.3 Å². The zero-order valence-electron chi connectivity index (χ0n) is 11.9. The van der Waals surface area contributed by atoms with Gasteiger partial charge in [-0.3, -0.25) is 14.3 Å². The van der Waals surface area contributed by atoms with Crippen LogP contribution >= 0.6 is 0 Å². The first-order valence-electron chi connectivity index (χ1n) is 6.84. The molecule has 5 heteroatoms. The smallest absolute Gasteiger partial charge is 0.241 e. The lowest BCUT2D eigenvalue weighted by atomic mass is 10.1. The SMILES string of the molecule is CCCC1NC(C(C)C)N(CCCS(C)=O)C1=O. The van der Waals surface area contributed by atoms with Crippen molar-refractivity contribution in [1.29, 1.82) is 0 Å². The Hall–Kier alpha value is -0.420. The molecule has 1 aliphatic heterocycles. The second-order valence-electron chi connectivity index (χ2n) is 5.36. The quantitative estimate of drug-likeness (QED) is 0.762. The molecule has 0 saturated carbocycles. The van der Waals surface area contributed by atoms with Crippen LogP contribution in [0.25, 0.3) is 0 Å². The maximum atomic E-state index is 12.3. The summed E-state index contributed by atoms with van der Waals surface area (Å²) in [5.74, 6) is 1.30. The van der Waals surface area contributed by atoms with Crippen molar-refractivity contribution in [3.8, 4) is 0 Å². The standard InChI is InChI=1S/C13H26N2O2S/c1-5-7-11-13(16)15(8-6-9-18(4)17)12(14-11)10(2)3/h10-12,14H,5-9H2,1-4H3. The number of amides is 1. The van der Waals surface area contributed by atoms with Gasteiger partial charge >= 0.3 is 0 Å². The number of carbonyl (C=O) groups is 1. The molecule has 1 fully saturated rings.